The van der Waals surface area contributed by atoms with E-state index in [2.05, 4.69) is 15.3 Å². The average molecular weight is 181 g/mol. The lowest BCUT2D eigenvalue weighted by Gasteiger charge is -2.08. The Kier molecular flexibility index (Phi) is 2.63. The largest absolute Gasteiger partial charge is 0.396 e. The number of amides is 1. The monoisotopic (exact) mass is 181 g/mol. The Labute approximate surface area is 75.4 Å². The van der Waals surface area contributed by atoms with E-state index in [9.17, 15) is 4.79 Å². The van der Waals surface area contributed by atoms with E-state index in [-0.39, 0.29) is 0 Å². The normalized spacial score (nSPS) is 12.1. The molecule has 0 bridgehead atoms. The molecule has 0 aromatic carbocycles. The fourth-order valence-electron chi connectivity index (χ4n) is 0.677. The van der Waals surface area contributed by atoms with Crippen LogP contribution in [0.3, 0.4) is 0 Å². The summed E-state index contributed by atoms with van der Waals surface area (Å²) in [6, 6.07) is -0.497. The number of hydrogen-bond donors (Lipinski definition) is 3. The van der Waals surface area contributed by atoms with Gasteiger partial charge in [0.2, 0.25) is 11.9 Å². The minimum Gasteiger partial charge on any atom is -0.396 e. The first-order valence-corrected chi connectivity index (χ1v) is 3.73. The highest BCUT2D eigenvalue weighted by molar-refractivity contribution is 5.81. The van der Waals surface area contributed by atoms with Gasteiger partial charge in [-0.25, -0.2) is 9.97 Å². The second kappa shape index (κ2) is 3.70. The van der Waals surface area contributed by atoms with Gasteiger partial charge in [0, 0.05) is 0 Å². The van der Waals surface area contributed by atoms with Crippen LogP contribution in [0, 0.1) is 0 Å². The fraction of sp³-hybridized carbons (Fsp3) is 0.286. The van der Waals surface area contributed by atoms with Crippen molar-refractivity contribution in [2.75, 3.05) is 11.1 Å². The van der Waals surface area contributed by atoms with E-state index >= 15 is 0 Å². The molecule has 1 atom stereocenters. The standard InChI is InChI=1S/C7H11N5O/c1-4(6(9)13)12-7-10-2-5(8)3-11-7/h2-4H,8H2,1H3,(H2,9,13)(H,10,11,12). The van der Waals surface area contributed by atoms with Crippen LogP contribution in [0.25, 0.3) is 0 Å². The SMILES string of the molecule is CC(Nc1ncc(N)cn1)C(N)=O. The van der Waals surface area contributed by atoms with Crippen molar-refractivity contribution < 1.29 is 4.79 Å². The molecule has 1 amide bonds. The lowest BCUT2D eigenvalue weighted by Crippen LogP contribution is -2.33. The molecule has 0 aliphatic carbocycles. The van der Waals surface area contributed by atoms with E-state index in [1.807, 2.05) is 0 Å². The first-order chi connectivity index (χ1) is 6.09. The van der Waals surface area contributed by atoms with E-state index < -0.39 is 11.9 Å². The average Bonchev–Trinajstić information content (AvgIpc) is 2.08. The lowest BCUT2D eigenvalue weighted by atomic mass is 10.3. The molecule has 0 spiro atoms. The van der Waals surface area contributed by atoms with E-state index in [1.54, 1.807) is 6.92 Å². The number of nitrogens with two attached hydrogens (primary N) is 2. The maximum Gasteiger partial charge on any atom is 0.239 e. The molecule has 1 aromatic heterocycles. The molecule has 0 saturated carbocycles. The Bertz CT molecular complexity index is 296. The highest BCUT2D eigenvalue weighted by Crippen LogP contribution is 2.01. The summed E-state index contributed by atoms with van der Waals surface area (Å²) < 4.78 is 0. The molecule has 5 N–H and O–H groups in total. The number of hydrogen-bond acceptors (Lipinski definition) is 5. The zero-order valence-corrected chi connectivity index (χ0v) is 7.19. The van der Waals surface area contributed by atoms with Crippen LogP contribution in [-0.4, -0.2) is 21.9 Å². The Hall–Kier alpha value is -1.85. The van der Waals surface area contributed by atoms with Crippen LogP contribution in [0.5, 0.6) is 0 Å². The van der Waals surface area contributed by atoms with Gasteiger partial charge in [-0.15, -0.1) is 0 Å². The minimum absolute atomic E-state index is 0.334. The fourth-order valence-corrected chi connectivity index (χ4v) is 0.677. The van der Waals surface area contributed by atoms with E-state index in [1.165, 1.54) is 12.4 Å². The number of carbonyl (C=O) groups excluding carboxylic acids is 1. The van der Waals surface area contributed by atoms with Gasteiger partial charge >= 0.3 is 0 Å². The summed E-state index contributed by atoms with van der Waals surface area (Å²) in [4.78, 5) is 18.3. The summed E-state index contributed by atoms with van der Waals surface area (Å²) in [5.74, 6) is -0.124. The van der Waals surface area contributed by atoms with Crippen molar-refractivity contribution in [1.29, 1.82) is 0 Å². The van der Waals surface area contributed by atoms with Crippen LogP contribution in [0.1, 0.15) is 6.92 Å². The van der Waals surface area contributed by atoms with Crippen LogP contribution in [0.2, 0.25) is 0 Å². The van der Waals surface area contributed by atoms with Gasteiger partial charge in [-0.05, 0) is 6.92 Å². The van der Waals surface area contributed by atoms with Crippen LogP contribution in [-0.2, 0) is 4.79 Å². The minimum atomic E-state index is -0.497. The highest BCUT2D eigenvalue weighted by atomic mass is 16.1. The smallest absolute Gasteiger partial charge is 0.239 e. The van der Waals surface area contributed by atoms with Crippen molar-refractivity contribution in [2.45, 2.75) is 13.0 Å². The predicted octanol–water partition coefficient (Wildman–Crippen LogP) is -0.655. The topological polar surface area (TPSA) is 107 Å². The lowest BCUT2D eigenvalue weighted by molar-refractivity contribution is -0.118. The van der Waals surface area contributed by atoms with Gasteiger partial charge in [-0.3, -0.25) is 4.79 Å². The summed E-state index contributed by atoms with van der Waals surface area (Å²) in [6.45, 7) is 1.63. The van der Waals surface area contributed by atoms with Crippen molar-refractivity contribution >= 4 is 17.5 Å². The third-order valence-electron chi connectivity index (χ3n) is 1.44. The molecule has 70 valence electrons. The Morgan fingerprint density at radius 3 is 2.54 bits per heavy atom. The number of rotatable bonds is 3. The number of nitrogens with one attached hydrogen (secondary N) is 1. The summed E-state index contributed by atoms with van der Waals surface area (Å²) >= 11 is 0. The van der Waals surface area contributed by atoms with Crippen molar-refractivity contribution in [3.05, 3.63) is 12.4 Å². The predicted molar refractivity (Wildman–Crippen MR) is 48.7 cm³/mol. The van der Waals surface area contributed by atoms with Crippen molar-refractivity contribution in [1.82, 2.24) is 9.97 Å². The Morgan fingerprint density at radius 1 is 1.54 bits per heavy atom. The molecule has 1 heterocycles. The number of carbonyl (C=O) groups is 1. The Balaban J connectivity index is 2.64. The zero-order chi connectivity index (χ0) is 9.84. The second-order valence-electron chi connectivity index (χ2n) is 2.61. The second-order valence-corrected chi connectivity index (χ2v) is 2.61. The molecule has 6 nitrogen and oxygen atoms in total. The van der Waals surface area contributed by atoms with Gasteiger partial charge in [0.15, 0.2) is 0 Å². The molecule has 0 aliphatic rings. The number of nitrogen functional groups attached to an aromatic ring is 1. The molecule has 1 rings (SSSR count). The van der Waals surface area contributed by atoms with E-state index in [0.29, 0.717) is 11.6 Å². The third kappa shape index (κ3) is 2.58. The van der Waals surface area contributed by atoms with Crippen LogP contribution in [0.15, 0.2) is 12.4 Å². The molecule has 0 aliphatic heterocycles. The summed E-state index contributed by atoms with van der Waals surface area (Å²) in [7, 11) is 0. The van der Waals surface area contributed by atoms with Crippen LogP contribution < -0.4 is 16.8 Å². The molecule has 0 radical (unpaired) electrons. The quantitative estimate of drug-likeness (QED) is 0.574. The number of nitrogens with zero attached hydrogens (tertiary/aromatic N) is 2. The summed E-state index contributed by atoms with van der Waals surface area (Å²) in [5, 5.41) is 2.72. The summed E-state index contributed by atoms with van der Waals surface area (Å²) in [5.41, 5.74) is 10.9. The van der Waals surface area contributed by atoms with Crippen molar-refractivity contribution in [2.24, 2.45) is 5.73 Å². The van der Waals surface area contributed by atoms with Gasteiger partial charge in [-0.2, -0.15) is 0 Å². The zero-order valence-electron chi connectivity index (χ0n) is 7.19. The van der Waals surface area contributed by atoms with Crippen molar-refractivity contribution in [3.8, 4) is 0 Å². The van der Waals surface area contributed by atoms with Gasteiger partial charge in [0.1, 0.15) is 6.04 Å². The molecular weight excluding hydrogens is 170 g/mol. The molecule has 1 aromatic rings. The van der Waals surface area contributed by atoms with Gasteiger partial charge < -0.3 is 16.8 Å². The van der Waals surface area contributed by atoms with Crippen LogP contribution in [0.4, 0.5) is 11.6 Å². The van der Waals surface area contributed by atoms with Gasteiger partial charge in [0.25, 0.3) is 0 Å². The molecule has 6 heteroatoms. The first kappa shape index (κ1) is 9.24. The molecule has 0 fully saturated rings. The molecule has 13 heavy (non-hydrogen) atoms. The number of primary amides is 1. The first-order valence-electron chi connectivity index (χ1n) is 3.73. The number of anilines is 2. The maximum absolute atomic E-state index is 10.7. The van der Waals surface area contributed by atoms with E-state index in [0.717, 1.165) is 0 Å². The molecular formula is C7H11N5O. The maximum atomic E-state index is 10.7. The molecule has 0 saturated heterocycles. The Morgan fingerprint density at radius 2 is 2.08 bits per heavy atom. The van der Waals surface area contributed by atoms with Gasteiger partial charge in [-0.1, -0.05) is 0 Å². The van der Waals surface area contributed by atoms with Gasteiger partial charge in [0.05, 0.1) is 18.1 Å². The third-order valence-corrected chi connectivity index (χ3v) is 1.44. The van der Waals surface area contributed by atoms with E-state index in [4.69, 9.17) is 11.5 Å². The van der Waals surface area contributed by atoms with Crippen molar-refractivity contribution in [3.63, 3.8) is 0 Å². The number of aromatic nitrogens is 2. The van der Waals surface area contributed by atoms with Crippen LogP contribution >= 0.6 is 0 Å². The summed E-state index contributed by atoms with van der Waals surface area (Å²) in [6.07, 6.45) is 2.89. The highest BCUT2D eigenvalue weighted by Gasteiger charge is 2.08. The molecule has 1 unspecified atom stereocenters.